The summed E-state index contributed by atoms with van der Waals surface area (Å²) in [5, 5.41) is 14.0. The summed E-state index contributed by atoms with van der Waals surface area (Å²) in [6, 6.07) is 1.64. The Morgan fingerprint density at radius 1 is 0.645 bits per heavy atom. The maximum atomic E-state index is 4.97. The molecular weight excluding hydrogens is 431 g/mol. The fraction of sp³-hybridized carbons (Fsp3) is 0.792. The third-order valence-electron chi connectivity index (χ3n) is 6.53. The molecule has 0 N–H and O–H groups in total. The van der Waals surface area contributed by atoms with Gasteiger partial charge >= 0.3 is 16.8 Å². The van der Waals surface area contributed by atoms with Gasteiger partial charge in [-0.05, 0) is 37.9 Å². The SMILES string of the molecule is C1=CC(C=NC2CC(N=CC3CCCC[N-]3)CC(N=CC3CCCC[N-]3)C2)[N-]CC1.[Co+2]. The topological polar surface area (TPSA) is 79.4 Å². The third kappa shape index (κ3) is 8.54. The van der Waals surface area contributed by atoms with E-state index in [0.29, 0.717) is 24.2 Å². The van der Waals surface area contributed by atoms with Crippen molar-refractivity contribution in [2.75, 3.05) is 19.6 Å². The van der Waals surface area contributed by atoms with Crippen molar-refractivity contribution in [2.24, 2.45) is 15.0 Å². The molecule has 0 aromatic carbocycles. The van der Waals surface area contributed by atoms with E-state index in [2.05, 4.69) is 29.9 Å². The fourth-order valence-corrected chi connectivity index (χ4v) is 4.81. The maximum absolute atomic E-state index is 4.97. The van der Waals surface area contributed by atoms with Gasteiger partial charge in [-0.1, -0.05) is 69.1 Å². The maximum Gasteiger partial charge on any atom is 2.00 e. The van der Waals surface area contributed by atoms with Gasteiger partial charge in [0, 0.05) is 0 Å². The summed E-state index contributed by atoms with van der Waals surface area (Å²) >= 11 is 0. The van der Waals surface area contributed by atoms with Crippen LogP contribution in [-0.2, 0) is 16.8 Å². The summed E-state index contributed by atoms with van der Waals surface area (Å²) in [4.78, 5) is 14.9. The zero-order valence-electron chi connectivity index (χ0n) is 18.6. The van der Waals surface area contributed by atoms with Gasteiger partial charge in [-0.25, -0.2) is 0 Å². The largest absolute Gasteiger partial charge is 2.00 e. The van der Waals surface area contributed by atoms with Crippen molar-refractivity contribution < 1.29 is 16.8 Å². The molecule has 4 rings (SSSR count). The Morgan fingerprint density at radius 3 is 1.65 bits per heavy atom. The Bertz CT molecular complexity index is 586. The van der Waals surface area contributed by atoms with Crippen LogP contribution in [0.2, 0.25) is 0 Å². The first kappa shape index (κ1) is 24.8. The molecule has 0 spiro atoms. The number of rotatable bonds is 6. The van der Waals surface area contributed by atoms with E-state index in [1.54, 1.807) is 0 Å². The molecule has 5 unspecified atom stereocenters. The van der Waals surface area contributed by atoms with Gasteiger partial charge in [0.2, 0.25) is 0 Å². The Labute approximate surface area is 198 Å². The molecule has 0 bridgehead atoms. The van der Waals surface area contributed by atoms with Crippen LogP contribution in [0, 0.1) is 0 Å². The van der Waals surface area contributed by atoms with Crippen molar-refractivity contribution in [2.45, 2.75) is 100 Å². The van der Waals surface area contributed by atoms with Gasteiger partial charge in [0.1, 0.15) is 0 Å². The second-order valence-corrected chi connectivity index (χ2v) is 9.12. The second-order valence-electron chi connectivity index (χ2n) is 9.12. The normalized spacial score (nSPS) is 37.4. The summed E-state index contributed by atoms with van der Waals surface area (Å²) in [5.41, 5.74) is 0. The van der Waals surface area contributed by atoms with E-state index < -0.39 is 0 Å². The average Bonchev–Trinajstić information content (AvgIpc) is 2.82. The molecule has 3 heterocycles. The van der Waals surface area contributed by atoms with Gasteiger partial charge in [-0.15, -0.1) is 25.7 Å². The molecule has 1 aliphatic carbocycles. The van der Waals surface area contributed by atoms with Gasteiger partial charge in [0.15, 0.2) is 0 Å². The molecule has 31 heavy (non-hydrogen) atoms. The minimum Gasteiger partial charge on any atom is -0.655 e. The molecule has 3 fully saturated rings. The van der Waals surface area contributed by atoms with E-state index in [1.165, 1.54) is 25.7 Å². The van der Waals surface area contributed by atoms with E-state index in [4.69, 9.17) is 25.6 Å². The van der Waals surface area contributed by atoms with Gasteiger partial charge in [0.05, 0.1) is 18.1 Å². The standard InChI is InChI=1S/C24H37N6.Co/c1-4-10-25-19(7-1)16-28-22-13-23(29-17-20-8-2-5-11-26-20)15-24(14-22)30-18-21-9-3-6-12-27-21;/h1,7,16-24H,2-6,8-15H2;/q-3;+2. The molecule has 3 aliphatic heterocycles. The molecule has 1 saturated carbocycles. The molecule has 0 aromatic rings. The quantitative estimate of drug-likeness (QED) is 0.387. The molecule has 2 saturated heterocycles. The van der Waals surface area contributed by atoms with Gasteiger partial charge in [-0.3, -0.25) is 15.0 Å². The third-order valence-corrected chi connectivity index (χ3v) is 6.53. The van der Waals surface area contributed by atoms with Gasteiger partial charge in [-0.2, -0.15) is 0 Å². The molecule has 0 aromatic heterocycles. The Morgan fingerprint density at radius 2 is 1.19 bits per heavy atom. The van der Waals surface area contributed by atoms with Crippen molar-refractivity contribution in [3.05, 3.63) is 28.1 Å². The molecule has 6 nitrogen and oxygen atoms in total. The zero-order chi connectivity index (χ0) is 20.4. The number of aliphatic imine (C=N–C) groups is 3. The summed E-state index contributed by atoms with van der Waals surface area (Å²) < 4.78 is 0. The van der Waals surface area contributed by atoms with Crippen molar-refractivity contribution in [3.63, 3.8) is 0 Å². The summed E-state index contributed by atoms with van der Waals surface area (Å²) in [5.74, 6) is 0. The Balaban J connectivity index is 0.00000272. The van der Waals surface area contributed by atoms with E-state index in [-0.39, 0.29) is 28.9 Å². The van der Waals surface area contributed by atoms with E-state index in [9.17, 15) is 0 Å². The average molecular weight is 469 g/mol. The minimum absolute atomic E-state index is 0. The smallest absolute Gasteiger partial charge is 0.655 e. The Kier molecular flexibility index (Phi) is 10.9. The van der Waals surface area contributed by atoms with E-state index in [1.807, 2.05) is 6.21 Å². The summed E-state index contributed by atoms with van der Waals surface area (Å²) in [6.07, 6.45) is 22.1. The van der Waals surface area contributed by atoms with Crippen LogP contribution in [0.4, 0.5) is 0 Å². The predicted molar refractivity (Wildman–Crippen MR) is 128 cm³/mol. The molecule has 4 aliphatic rings. The number of nitrogens with zero attached hydrogens (tertiary/aromatic N) is 6. The number of piperidine rings is 2. The van der Waals surface area contributed by atoms with Crippen LogP contribution >= 0.6 is 0 Å². The summed E-state index contributed by atoms with van der Waals surface area (Å²) in [6.45, 7) is 2.89. The van der Waals surface area contributed by atoms with Crippen LogP contribution in [0.3, 0.4) is 0 Å². The molecule has 0 amide bonds. The van der Waals surface area contributed by atoms with E-state index >= 15 is 0 Å². The van der Waals surface area contributed by atoms with Crippen LogP contribution in [0.25, 0.3) is 16.0 Å². The van der Waals surface area contributed by atoms with Crippen molar-refractivity contribution in [1.29, 1.82) is 0 Å². The van der Waals surface area contributed by atoms with Crippen molar-refractivity contribution in [3.8, 4) is 0 Å². The van der Waals surface area contributed by atoms with Crippen LogP contribution in [0.5, 0.6) is 0 Å². The first-order valence-corrected chi connectivity index (χ1v) is 12.1. The molecule has 1 radical (unpaired) electrons. The van der Waals surface area contributed by atoms with E-state index in [0.717, 1.165) is 58.2 Å². The second kappa shape index (κ2) is 13.6. The van der Waals surface area contributed by atoms with Crippen LogP contribution in [0.1, 0.15) is 64.2 Å². The fourth-order valence-electron chi connectivity index (χ4n) is 4.81. The van der Waals surface area contributed by atoms with Crippen LogP contribution in [-0.4, -0.2) is 74.5 Å². The van der Waals surface area contributed by atoms with Gasteiger partial charge in [0.25, 0.3) is 0 Å². The summed E-state index contributed by atoms with van der Waals surface area (Å²) in [7, 11) is 0. The molecule has 7 heteroatoms. The monoisotopic (exact) mass is 468 g/mol. The van der Waals surface area contributed by atoms with Crippen molar-refractivity contribution >= 4 is 18.6 Å². The zero-order valence-corrected chi connectivity index (χ0v) is 19.6. The van der Waals surface area contributed by atoms with Crippen LogP contribution < -0.4 is 0 Å². The Hall–Kier alpha value is -0.864. The predicted octanol–water partition coefficient (Wildman–Crippen LogP) is 5.04. The van der Waals surface area contributed by atoms with Crippen LogP contribution in [0.15, 0.2) is 27.1 Å². The first-order valence-electron chi connectivity index (χ1n) is 12.1. The molecule has 5 atom stereocenters. The van der Waals surface area contributed by atoms with Gasteiger partial charge < -0.3 is 16.0 Å². The molecular formula is C24H37CoN6-. The number of hydrogen-bond acceptors (Lipinski definition) is 3. The minimum atomic E-state index is 0. The molecule has 173 valence electrons. The van der Waals surface area contributed by atoms with Crippen molar-refractivity contribution in [1.82, 2.24) is 0 Å². The first-order chi connectivity index (χ1) is 14.8. The number of hydrogen-bond donors (Lipinski definition) is 0.